The maximum atomic E-state index is 6.21. The number of hydrogen-bond donors (Lipinski definition) is 1. The zero-order chi connectivity index (χ0) is 17.4. The van der Waals surface area contributed by atoms with Gasteiger partial charge in [0, 0.05) is 16.8 Å². The first-order chi connectivity index (χ1) is 12.1. The zero-order valence-electron chi connectivity index (χ0n) is 13.5. The van der Waals surface area contributed by atoms with Gasteiger partial charge >= 0.3 is 0 Å². The van der Waals surface area contributed by atoms with Gasteiger partial charge in [0.2, 0.25) is 0 Å². The number of nitrogens with zero attached hydrogens (tertiary/aromatic N) is 2. The van der Waals surface area contributed by atoms with Crippen molar-refractivity contribution >= 4 is 46.0 Å². The summed E-state index contributed by atoms with van der Waals surface area (Å²) < 4.78 is 0.774. The molecule has 0 saturated carbocycles. The Morgan fingerprint density at radius 3 is 2.56 bits per heavy atom. The minimum atomic E-state index is -0.0234. The molecule has 2 aromatic heterocycles. The van der Waals surface area contributed by atoms with E-state index in [0.29, 0.717) is 5.11 Å². The van der Waals surface area contributed by atoms with Gasteiger partial charge in [-0.2, -0.15) is 0 Å². The first kappa shape index (κ1) is 16.5. The molecule has 1 aliphatic heterocycles. The molecule has 4 rings (SSSR count). The van der Waals surface area contributed by atoms with Gasteiger partial charge in [-0.15, -0.1) is 11.3 Å². The molecule has 1 aromatic carbocycles. The van der Waals surface area contributed by atoms with Crippen molar-refractivity contribution in [3.63, 3.8) is 0 Å². The minimum absolute atomic E-state index is 0.0163. The maximum absolute atomic E-state index is 6.21. The minimum Gasteiger partial charge on any atom is -0.351 e. The first-order valence-electron chi connectivity index (χ1n) is 7.96. The van der Waals surface area contributed by atoms with E-state index in [1.807, 2.05) is 30.5 Å². The highest BCUT2D eigenvalue weighted by molar-refractivity contribution is 7.80. The van der Waals surface area contributed by atoms with Crippen molar-refractivity contribution in [1.82, 2.24) is 10.3 Å². The molecule has 0 unspecified atom stereocenters. The Morgan fingerprint density at radius 2 is 1.92 bits per heavy atom. The van der Waals surface area contributed by atoms with Crippen molar-refractivity contribution in [3.8, 4) is 0 Å². The van der Waals surface area contributed by atoms with E-state index in [0.717, 1.165) is 20.6 Å². The SMILES string of the molecule is Cc1ccc(N2C(=S)N[C@@H](c3ccccn3)[C@@H]2c2ccc(Cl)s2)cc1. The Kier molecular flexibility index (Phi) is 4.46. The molecular weight excluding hydrogens is 370 g/mol. The molecule has 3 heterocycles. The van der Waals surface area contributed by atoms with Gasteiger partial charge in [-0.05, 0) is 55.5 Å². The van der Waals surface area contributed by atoms with Crippen LogP contribution in [0.15, 0.2) is 60.8 Å². The molecule has 3 nitrogen and oxygen atoms in total. The second-order valence-corrected chi connectivity index (χ2v) is 8.11. The number of aryl methyl sites for hydroxylation is 1. The molecule has 0 amide bonds. The Hall–Kier alpha value is -1.95. The highest BCUT2D eigenvalue weighted by atomic mass is 35.5. The molecule has 0 bridgehead atoms. The van der Waals surface area contributed by atoms with Crippen molar-refractivity contribution in [2.75, 3.05) is 4.90 Å². The van der Waals surface area contributed by atoms with Crippen LogP contribution in [-0.2, 0) is 0 Å². The van der Waals surface area contributed by atoms with E-state index in [1.165, 1.54) is 5.56 Å². The maximum Gasteiger partial charge on any atom is 0.174 e. The third-order valence-corrected chi connectivity index (χ3v) is 5.91. The van der Waals surface area contributed by atoms with Gasteiger partial charge in [-0.3, -0.25) is 4.98 Å². The van der Waals surface area contributed by atoms with Gasteiger partial charge in [0.05, 0.1) is 22.1 Å². The van der Waals surface area contributed by atoms with Crippen molar-refractivity contribution in [2.45, 2.75) is 19.0 Å². The van der Waals surface area contributed by atoms with Crippen LogP contribution in [0.5, 0.6) is 0 Å². The lowest BCUT2D eigenvalue weighted by Crippen LogP contribution is -2.29. The van der Waals surface area contributed by atoms with Gasteiger partial charge < -0.3 is 10.2 Å². The topological polar surface area (TPSA) is 28.2 Å². The van der Waals surface area contributed by atoms with Crippen molar-refractivity contribution in [3.05, 3.63) is 81.3 Å². The fraction of sp³-hybridized carbons (Fsp3) is 0.158. The van der Waals surface area contributed by atoms with E-state index in [4.69, 9.17) is 23.8 Å². The van der Waals surface area contributed by atoms with E-state index in [-0.39, 0.29) is 12.1 Å². The Labute approximate surface area is 161 Å². The second-order valence-electron chi connectivity index (χ2n) is 5.97. The Balaban J connectivity index is 1.81. The summed E-state index contributed by atoms with van der Waals surface area (Å²) in [6.45, 7) is 2.08. The van der Waals surface area contributed by atoms with Crippen LogP contribution >= 0.6 is 35.2 Å². The molecule has 0 radical (unpaired) electrons. The summed E-state index contributed by atoms with van der Waals surface area (Å²) in [5.41, 5.74) is 3.25. The average Bonchev–Trinajstić information content (AvgIpc) is 3.20. The van der Waals surface area contributed by atoms with Crippen LogP contribution < -0.4 is 10.2 Å². The van der Waals surface area contributed by atoms with Crippen LogP contribution in [0.3, 0.4) is 0 Å². The van der Waals surface area contributed by atoms with E-state index < -0.39 is 0 Å². The van der Waals surface area contributed by atoms with E-state index in [2.05, 4.69) is 52.5 Å². The number of thiocarbonyl (C=S) groups is 1. The molecule has 0 spiro atoms. The lowest BCUT2D eigenvalue weighted by atomic mass is 10.0. The summed E-state index contributed by atoms with van der Waals surface area (Å²) in [4.78, 5) is 7.87. The summed E-state index contributed by atoms with van der Waals surface area (Å²) in [7, 11) is 0. The van der Waals surface area contributed by atoms with Crippen LogP contribution in [0.2, 0.25) is 4.34 Å². The summed E-state index contributed by atoms with van der Waals surface area (Å²) in [6.07, 6.45) is 1.81. The predicted molar refractivity (Wildman–Crippen MR) is 108 cm³/mol. The quantitative estimate of drug-likeness (QED) is 0.620. The third kappa shape index (κ3) is 3.15. The van der Waals surface area contributed by atoms with Gasteiger partial charge in [-0.25, -0.2) is 0 Å². The molecule has 126 valence electrons. The molecule has 25 heavy (non-hydrogen) atoms. The second kappa shape index (κ2) is 6.75. The van der Waals surface area contributed by atoms with E-state index in [9.17, 15) is 0 Å². The van der Waals surface area contributed by atoms with Crippen molar-refractivity contribution in [1.29, 1.82) is 0 Å². The number of benzene rings is 1. The highest BCUT2D eigenvalue weighted by Crippen LogP contribution is 2.44. The number of thiophene rings is 1. The number of halogens is 1. The molecule has 1 N–H and O–H groups in total. The predicted octanol–water partition coefficient (Wildman–Crippen LogP) is 5.28. The number of anilines is 1. The molecular formula is C19H16ClN3S2. The third-order valence-electron chi connectivity index (χ3n) is 4.30. The Bertz CT molecular complexity index is 893. The average molecular weight is 386 g/mol. The highest BCUT2D eigenvalue weighted by Gasteiger charge is 2.41. The monoisotopic (exact) mass is 385 g/mol. The number of nitrogens with one attached hydrogen (secondary N) is 1. The van der Waals surface area contributed by atoms with E-state index in [1.54, 1.807) is 11.3 Å². The summed E-state index contributed by atoms with van der Waals surface area (Å²) in [6, 6.07) is 18.4. The molecule has 1 saturated heterocycles. The fourth-order valence-electron chi connectivity index (χ4n) is 3.11. The van der Waals surface area contributed by atoms with Gasteiger partial charge in [0.1, 0.15) is 0 Å². The first-order valence-corrected chi connectivity index (χ1v) is 9.56. The van der Waals surface area contributed by atoms with Crippen LogP contribution in [0, 0.1) is 6.92 Å². The van der Waals surface area contributed by atoms with Crippen LogP contribution in [0.25, 0.3) is 0 Å². The van der Waals surface area contributed by atoms with Crippen LogP contribution in [0.4, 0.5) is 5.69 Å². The zero-order valence-corrected chi connectivity index (χ0v) is 15.9. The summed E-state index contributed by atoms with van der Waals surface area (Å²) in [5, 5.41) is 4.15. The van der Waals surface area contributed by atoms with Crippen LogP contribution in [0.1, 0.15) is 28.2 Å². The lowest BCUT2D eigenvalue weighted by molar-refractivity contribution is 0.575. The molecule has 0 aliphatic carbocycles. The van der Waals surface area contributed by atoms with Gasteiger partial charge in [-0.1, -0.05) is 35.4 Å². The smallest absolute Gasteiger partial charge is 0.174 e. The number of rotatable bonds is 3. The van der Waals surface area contributed by atoms with E-state index >= 15 is 0 Å². The fourth-order valence-corrected chi connectivity index (χ4v) is 4.65. The van der Waals surface area contributed by atoms with Gasteiger partial charge in [0.25, 0.3) is 0 Å². The normalized spacial score (nSPS) is 19.9. The summed E-state index contributed by atoms with van der Waals surface area (Å²) >= 11 is 13.5. The van der Waals surface area contributed by atoms with Crippen LogP contribution in [-0.4, -0.2) is 10.1 Å². The molecule has 3 aromatic rings. The van der Waals surface area contributed by atoms with Crippen molar-refractivity contribution < 1.29 is 0 Å². The molecule has 2 atom stereocenters. The molecule has 6 heteroatoms. The Morgan fingerprint density at radius 1 is 1.12 bits per heavy atom. The molecule has 1 fully saturated rings. The summed E-state index contributed by atoms with van der Waals surface area (Å²) in [5.74, 6) is 0. The van der Waals surface area contributed by atoms with Crippen molar-refractivity contribution in [2.24, 2.45) is 0 Å². The lowest BCUT2D eigenvalue weighted by Gasteiger charge is -2.27. The number of pyridine rings is 1. The molecule has 1 aliphatic rings. The van der Waals surface area contributed by atoms with Gasteiger partial charge in [0.15, 0.2) is 5.11 Å². The number of aromatic nitrogens is 1. The standard InChI is InChI=1S/C19H16ClN3S2/c1-12-5-7-13(8-6-12)23-18(15-9-10-16(20)25-15)17(22-19(23)24)14-4-2-3-11-21-14/h2-11,17-18H,1H3,(H,22,24)/t17-,18-/m0/s1. The largest absolute Gasteiger partial charge is 0.351 e. The number of hydrogen-bond acceptors (Lipinski definition) is 3.